The normalized spacial score (nSPS) is 9.29. The molecule has 0 aromatic heterocycles. The Morgan fingerprint density at radius 2 is 1.41 bits per heavy atom. The van der Waals surface area contributed by atoms with Crippen LogP contribution in [0.15, 0.2) is 30.3 Å². The molecule has 3 nitrogen and oxygen atoms in total. The highest BCUT2D eigenvalue weighted by atomic mass is 16.3. The van der Waals surface area contributed by atoms with Gasteiger partial charge in [0.1, 0.15) is 6.29 Å². The lowest BCUT2D eigenvalue weighted by atomic mass is 10.2. The highest BCUT2D eigenvalue weighted by molar-refractivity contribution is 5.54. The molecule has 0 atom stereocenters. The minimum atomic E-state index is 0.283. The van der Waals surface area contributed by atoms with Gasteiger partial charge in [-0.1, -0.05) is 43.2 Å². The monoisotopic (exact) mass is 238 g/mol. The molecular formula is C14H22O3. The summed E-state index contributed by atoms with van der Waals surface area (Å²) >= 11 is 0. The first-order valence-electron chi connectivity index (χ1n) is 6.04. The molecule has 2 N–H and O–H groups in total. The molecule has 1 aromatic carbocycles. The number of aldehydes is 1. The Balaban J connectivity index is 0.000000304. The van der Waals surface area contributed by atoms with Gasteiger partial charge in [0.25, 0.3) is 0 Å². The van der Waals surface area contributed by atoms with Crippen molar-refractivity contribution in [1.29, 1.82) is 0 Å². The number of aliphatic hydroxyl groups is 2. The molecule has 1 aromatic rings. The molecule has 0 aliphatic carbocycles. The van der Waals surface area contributed by atoms with Crippen LogP contribution in [0.2, 0.25) is 0 Å². The minimum absolute atomic E-state index is 0.283. The predicted octanol–water partition coefficient (Wildman–Crippen LogP) is 1.96. The highest BCUT2D eigenvalue weighted by Crippen LogP contribution is 1.97. The van der Waals surface area contributed by atoms with Gasteiger partial charge >= 0.3 is 0 Å². The Bertz CT molecular complexity index is 253. The molecule has 17 heavy (non-hydrogen) atoms. The van der Waals surface area contributed by atoms with E-state index in [1.807, 2.05) is 30.3 Å². The fourth-order valence-electron chi connectivity index (χ4n) is 1.29. The summed E-state index contributed by atoms with van der Waals surface area (Å²) in [5.41, 5.74) is 1.08. The molecule has 0 unspecified atom stereocenters. The van der Waals surface area contributed by atoms with Crippen LogP contribution in [0.5, 0.6) is 0 Å². The molecule has 3 heteroatoms. The van der Waals surface area contributed by atoms with Crippen molar-refractivity contribution in [2.24, 2.45) is 0 Å². The van der Waals surface area contributed by atoms with E-state index in [0.29, 0.717) is 6.42 Å². The summed E-state index contributed by atoms with van der Waals surface area (Å²) < 4.78 is 0. The maximum atomic E-state index is 9.97. The molecule has 0 radical (unpaired) electrons. The van der Waals surface area contributed by atoms with Crippen LogP contribution < -0.4 is 0 Å². The van der Waals surface area contributed by atoms with Crippen molar-refractivity contribution in [3.63, 3.8) is 0 Å². The molecule has 0 spiro atoms. The molecule has 0 heterocycles. The number of unbranched alkanes of at least 4 members (excludes halogenated alkanes) is 3. The maximum Gasteiger partial charge on any atom is 0.124 e. The van der Waals surface area contributed by atoms with Crippen molar-refractivity contribution < 1.29 is 15.0 Å². The lowest BCUT2D eigenvalue weighted by molar-refractivity contribution is -0.107. The van der Waals surface area contributed by atoms with Crippen molar-refractivity contribution >= 4 is 6.29 Å². The first kappa shape index (κ1) is 15.8. The summed E-state index contributed by atoms with van der Waals surface area (Å²) in [6.45, 7) is 0.566. The number of hydrogen-bond donors (Lipinski definition) is 2. The standard InChI is InChI=1S/C8H8O.C6H14O2/c9-7-6-8-4-2-1-3-5-8;7-5-3-1-2-4-6-8/h1-5,7H,6H2;7-8H,1-6H2. The topological polar surface area (TPSA) is 57.5 Å². The van der Waals surface area contributed by atoms with Crippen molar-refractivity contribution in [3.8, 4) is 0 Å². The van der Waals surface area contributed by atoms with Crippen LogP contribution >= 0.6 is 0 Å². The zero-order chi connectivity index (χ0) is 12.8. The van der Waals surface area contributed by atoms with Crippen LogP contribution in [-0.2, 0) is 11.2 Å². The van der Waals surface area contributed by atoms with Gasteiger partial charge in [0.15, 0.2) is 0 Å². The number of hydrogen-bond acceptors (Lipinski definition) is 3. The molecule has 0 fully saturated rings. The maximum absolute atomic E-state index is 9.97. The number of carbonyl (C=O) groups is 1. The van der Waals surface area contributed by atoms with Gasteiger partial charge in [0.2, 0.25) is 0 Å². The SMILES string of the molecule is O=CCc1ccccc1.OCCCCCCO. The van der Waals surface area contributed by atoms with Crippen molar-refractivity contribution in [1.82, 2.24) is 0 Å². The summed E-state index contributed by atoms with van der Waals surface area (Å²) in [5, 5.41) is 16.6. The van der Waals surface area contributed by atoms with Crippen molar-refractivity contribution in [2.75, 3.05) is 13.2 Å². The van der Waals surface area contributed by atoms with E-state index in [0.717, 1.165) is 37.5 Å². The quantitative estimate of drug-likeness (QED) is 0.564. The highest BCUT2D eigenvalue weighted by Gasteiger charge is 1.85. The van der Waals surface area contributed by atoms with E-state index in [4.69, 9.17) is 10.2 Å². The van der Waals surface area contributed by atoms with E-state index in [1.54, 1.807) is 0 Å². The van der Waals surface area contributed by atoms with Gasteiger partial charge in [-0.25, -0.2) is 0 Å². The molecule has 1 rings (SSSR count). The average molecular weight is 238 g/mol. The van der Waals surface area contributed by atoms with Gasteiger partial charge < -0.3 is 15.0 Å². The second kappa shape index (κ2) is 12.9. The van der Waals surface area contributed by atoms with Crippen LogP contribution in [0.4, 0.5) is 0 Å². The van der Waals surface area contributed by atoms with E-state index in [2.05, 4.69) is 0 Å². The van der Waals surface area contributed by atoms with E-state index >= 15 is 0 Å². The third-order valence-corrected chi connectivity index (χ3v) is 2.23. The zero-order valence-electron chi connectivity index (χ0n) is 10.2. The van der Waals surface area contributed by atoms with Crippen molar-refractivity contribution in [2.45, 2.75) is 32.1 Å². The van der Waals surface area contributed by atoms with E-state index in [-0.39, 0.29) is 13.2 Å². The lowest BCUT2D eigenvalue weighted by Crippen LogP contribution is -1.85. The Morgan fingerprint density at radius 3 is 1.82 bits per heavy atom. The molecule has 0 aliphatic rings. The molecular weight excluding hydrogens is 216 g/mol. The van der Waals surface area contributed by atoms with Gasteiger partial charge in [-0.15, -0.1) is 0 Å². The first-order valence-corrected chi connectivity index (χ1v) is 6.04. The van der Waals surface area contributed by atoms with E-state index < -0.39 is 0 Å². The molecule has 96 valence electrons. The van der Waals surface area contributed by atoms with E-state index in [1.165, 1.54) is 0 Å². The van der Waals surface area contributed by atoms with Gasteiger partial charge in [0, 0.05) is 19.6 Å². The minimum Gasteiger partial charge on any atom is -0.396 e. The Morgan fingerprint density at radius 1 is 0.882 bits per heavy atom. The van der Waals surface area contributed by atoms with Crippen LogP contribution in [0.25, 0.3) is 0 Å². The number of aliphatic hydroxyl groups excluding tert-OH is 2. The molecule has 0 aliphatic heterocycles. The average Bonchev–Trinajstić information content (AvgIpc) is 2.37. The fraction of sp³-hybridized carbons (Fsp3) is 0.500. The third kappa shape index (κ3) is 11.1. The zero-order valence-corrected chi connectivity index (χ0v) is 10.2. The molecule has 0 bridgehead atoms. The van der Waals surface area contributed by atoms with Crippen LogP contribution in [-0.4, -0.2) is 29.7 Å². The number of rotatable bonds is 7. The summed E-state index contributed by atoms with van der Waals surface area (Å²) in [5.74, 6) is 0. The van der Waals surface area contributed by atoms with Gasteiger partial charge in [-0.05, 0) is 18.4 Å². The lowest BCUT2D eigenvalue weighted by Gasteiger charge is -1.93. The molecule has 0 amide bonds. The Labute approximate surface area is 103 Å². The van der Waals surface area contributed by atoms with Gasteiger partial charge in [-0.2, -0.15) is 0 Å². The van der Waals surface area contributed by atoms with Gasteiger partial charge in [-0.3, -0.25) is 0 Å². The summed E-state index contributed by atoms with van der Waals surface area (Å²) in [6.07, 6.45) is 5.27. The Hall–Kier alpha value is -1.19. The fourth-order valence-corrected chi connectivity index (χ4v) is 1.29. The summed E-state index contributed by atoms with van der Waals surface area (Å²) in [4.78, 5) is 9.97. The second-order valence-electron chi connectivity index (χ2n) is 3.72. The molecule has 0 saturated carbocycles. The third-order valence-electron chi connectivity index (χ3n) is 2.23. The van der Waals surface area contributed by atoms with Crippen LogP contribution in [0, 0.1) is 0 Å². The predicted molar refractivity (Wildman–Crippen MR) is 68.8 cm³/mol. The number of carbonyl (C=O) groups excluding carboxylic acids is 1. The second-order valence-corrected chi connectivity index (χ2v) is 3.72. The molecule has 0 saturated heterocycles. The first-order chi connectivity index (χ1) is 8.35. The van der Waals surface area contributed by atoms with Crippen LogP contribution in [0.3, 0.4) is 0 Å². The van der Waals surface area contributed by atoms with Gasteiger partial charge in [0.05, 0.1) is 0 Å². The summed E-state index contributed by atoms with van der Waals surface area (Å²) in [7, 11) is 0. The number of benzene rings is 1. The van der Waals surface area contributed by atoms with Crippen molar-refractivity contribution in [3.05, 3.63) is 35.9 Å². The van der Waals surface area contributed by atoms with Crippen LogP contribution in [0.1, 0.15) is 31.2 Å². The Kier molecular flexibility index (Phi) is 12.0. The largest absolute Gasteiger partial charge is 0.396 e. The van der Waals surface area contributed by atoms with E-state index in [9.17, 15) is 4.79 Å². The summed E-state index contributed by atoms with van der Waals surface area (Å²) in [6, 6.07) is 9.68. The smallest absolute Gasteiger partial charge is 0.124 e.